The number of fused-ring (bicyclic) bond motifs is 1. The van der Waals surface area contributed by atoms with Crippen molar-refractivity contribution in [3.8, 4) is 12.0 Å². The first kappa shape index (κ1) is 19.6. The summed E-state index contributed by atoms with van der Waals surface area (Å²) in [5.41, 5.74) is 0. The van der Waals surface area contributed by atoms with Gasteiger partial charge in [-0.05, 0) is 17.5 Å². The largest absolute Gasteiger partial charge is 0.467 e. The Morgan fingerprint density at radius 2 is 1.61 bits per heavy atom. The molecule has 0 spiro atoms. The molecule has 0 aliphatic carbocycles. The number of benzene rings is 2. The Balaban J connectivity index is 1.89. The van der Waals surface area contributed by atoms with Crippen molar-refractivity contribution in [3.05, 3.63) is 41.4 Å². The Bertz CT molecular complexity index is 1130. The van der Waals surface area contributed by atoms with Crippen LogP contribution in [0.15, 0.2) is 41.3 Å². The molecule has 2 amide bonds. The van der Waals surface area contributed by atoms with Crippen LogP contribution in [0.2, 0.25) is 5.02 Å². The number of aromatic nitrogens is 3. The highest BCUT2D eigenvalue weighted by Gasteiger charge is 2.22. The van der Waals surface area contributed by atoms with E-state index in [1.165, 1.54) is 20.3 Å². The van der Waals surface area contributed by atoms with Crippen LogP contribution in [0.3, 0.4) is 0 Å². The Morgan fingerprint density at radius 3 is 2.21 bits per heavy atom. The van der Waals surface area contributed by atoms with E-state index in [1.54, 1.807) is 30.3 Å². The van der Waals surface area contributed by atoms with Gasteiger partial charge in [-0.2, -0.15) is 9.97 Å². The standard InChI is InChI=1S/C16H14ClN5O5S/c1-26-15-19-13(20-16(21-15)27-2)18-14(23)22-28(24,25)11-8-4-6-9-5-3-7-10(17)12(9)11/h3-8H,1-2H3,(H2,18,19,20,21,22,23). The smallest absolute Gasteiger partial charge is 0.335 e. The summed E-state index contributed by atoms with van der Waals surface area (Å²) in [5, 5.41) is 3.35. The number of methoxy groups -OCH3 is 2. The van der Waals surface area contributed by atoms with Crippen LogP contribution in [0.25, 0.3) is 10.8 Å². The average molecular weight is 424 g/mol. The first-order valence-electron chi connectivity index (χ1n) is 7.69. The molecule has 28 heavy (non-hydrogen) atoms. The van der Waals surface area contributed by atoms with Crippen molar-refractivity contribution in [3.63, 3.8) is 0 Å². The molecule has 0 atom stereocenters. The molecule has 1 aromatic heterocycles. The lowest BCUT2D eigenvalue weighted by molar-refractivity contribution is 0.256. The summed E-state index contributed by atoms with van der Waals surface area (Å²) in [5.74, 6) is -0.257. The van der Waals surface area contributed by atoms with E-state index < -0.39 is 16.1 Å². The highest BCUT2D eigenvalue weighted by Crippen LogP contribution is 2.29. The number of hydrogen-bond donors (Lipinski definition) is 2. The Hall–Kier alpha value is -3.18. The number of sulfonamides is 1. The molecule has 146 valence electrons. The van der Waals surface area contributed by atoms with Crippen molar-refractivity contribution in [2.75, 3.05) is 19.5 Å². The van der Waals surface area contributed by atoms with E-state index in [4.69, 9.17) is 21.1 Å². The quantitative estimate of drug-likeness (QED) is 0.638. The number of carbonyl (C=O) groups excluding carboxylic acids is 1. The number of hydrogen-bond acceptors (Lipinski definition) is 8. The van der Waals surface area contributed by atoms with E-state index in [-0.39, 0.29) is 27.9 Å². The lowest BCUT2D eigenvalue weighted by Crippen LogP contribution is -2.35. The summed E-state index contributed by atoms with van der Waals surface area (Å²) in [6, 6.07) is 8.25. The van der Waals surface area contributed by atoms with Gasteiger partial charge in [0.15, 0.2) is 0 Å². The second-order valence-corrected chi connectivity index (χ2v) is 7.34. The average Bonchev–Trinajstić information content (AvgIpc) is 2.66. The molecular formula is C16H14ClN5O5S. The maximum absolute atomic E-state index is 12.7. The molecule has 3 rings (SSSR count). The molecule has 0 aliphatic heterocycles. The van der Waals surface area contributed by atoms with Crippen LogP contribution < -0.4 is 19.5 Å². The molecule has 10 nitrogen and oxygen atoms in total. The third-order valence-electron chi connectivity index (χ3n) is 3.52. The summed E-state index contributed by atoms with van der Waals surface area (Å²) in [6.45, 7) is 0. The molecule has 0 aliphatic rings. The number of anilines is 1. The third kappa shape index (κ3) is 4.05. The molecule has 0 saturated heterocycles. The molecule has 3 aromatic rings. The lowest BCUT2D eigenvalue weighted by atomic mass is 10.1. The van der Waals surface area contributed by atoms with Gasteiger partial charge >= 0.3 is 18.1 Å². The van der Waals surface area contributed by atoms with Gasteiger partial charge in [-0.3, -0.25) is 5.32 Å². The van der Waals surface area contributed by atoms with Crippen LogP contribution in [0.1, 0.15) is 0 Å². The normalized spacial score (nSPS) is 11.1. The number of rotatable bonds is 5. The first-order valence-corrected chi connectivity index (χ1v) is 9.55. The van der Waals surface area contributed by atoms with E-state index in [0.29, 0.717) is 10.8 Å². The predicted molar refractivity (Wildman–Crippen MR) is 101 cm³/mol. The van der Waals surface area contributed by atoms with Gasteiger partial charge in [-0.15, -0.1) is 4.98 Å². The lowest BCUT2D eigenvalue weighted by Gasteiger charge is -2.11. The van der Waals surface area contributed by atoms with Crippen molar-refractivity contribution in [1.82, 2.24) is 19.7 Å². The Kier molecular flexibility index (Phi) is 5.47. The zero-order valence-corrected chi connectivity index (χ0v) is 16.2. The van der Waals surface area contributed by atoms with Crippen molar-refractivity contribution < 1.29 is 22.7 Å². The maximum atomic E-state index is 12.7. The summed E-state index contributed by atoms with van der Waals surface area (Å²) in [7, 11) is -1.61. The van der Waals surface area contributed by atoms with Gasteiger partial charge in [0.05, 0.1) is 19.1 Å². The number of urea groups is 1. The SMILES string of the molecule is COc1nc(NC(=O)NS(=O)(=O)c2cccc3cccc(Cl)c23)nc(OC)n1. The number of carbonyl (C=O) groups is 1. The molecule has 0 unspecified atom stereocenters. The van der Waals surface area contributed by atoms with Gasteiger partial charge in [0.2, 0.25) is 5.95 Å². The van der Waals surface area contributed by atoms with E-state index in [0.717, 1.165) is 0 Å². The summed E-state index contributed by atoms with van der Waals surface area (Å²) >= 11 is 6.15. The van der Waals surface area contributed by atoms with Gasteiger partial charge < -0.3 is 9.47 Å². The molecule has 2 N–H and O–H groups in total. The van der Waals surface area contributed by atoms with Crippen LogP contribution in [0.5, 0.6) is 12.0 Å². The van der Waals surface area contributed by atoms with E-state index in [2.05, 4.69) is 20.3 Å². The van der Waals surface area contributed by atoms with Crippen LogP contribution in [0, 0.1) is 0 Å². The molecule has 0 bridgehead atoms. The van der Waals surface area contributed by atoms with Crippen molar-refractivity contribution in [2.24, 2.45) is 0 Å². The summed E-state index contributed by atoms with van der Waals surface area (Å²) in [6.07, 6.45) is 0. The second kappa shape index (κ2) is 7.82. The van der Waals surface area contributed by atoms with E-state index >= 15 is 0 Å². The summed E-state index contributed by atoms with van der Waals surface area (Å²) in [4.78, 5) is 23.4. The first-order chi connectivity index (χ1) is 13.3. The number of ether oxygens (including phenoxy) is 2. The van der Waals surface area contributed by atoms with Crippen LogP contribution in [0.4, 0.5) is 10.7 Å². The fraction of sp³-hybridized carbons (Fsp3) is 0.125. The molecular weight excluding hydrogens is 410 g/mol. The Labute approximate surface area is 164 Å². The van der Waals surface area contributed by atoms with Crippen molar-refractivity contribution in [2.45, 2.75) is 4.90 Å². The van der Waals surface area contributed by atoms with E-state index in [1.807, 2.05) is 4.72 Å². The minimum Gasteiger partial charge on any atom is -0.467 e. The second-order valence-electron chi connectivity index (χ2n) is 5.29. The number of amides is 2. The topological polar surface area (TPSA) is 132 Å². The van der Waals surface area contributed by atoms with Gasteiger partial charge in [0.25, 0.3) is 10.0 Å². The zero-order chi connectivity index (χ0) is 20.3. The summed E-state index contributed by atoms with van der Waals surface area (Å²) < 4.78 is 37.0. The molecule has 0 saturated carbocycles. The molecule has 0 fully saturated rings. The van der Waals surface area contributed by atoms with Crippen LogP contribution in [-0.2, 0) is 10.0 Å². The highest BCUT2D eigenvalue weighted by atomic mass is 35.5. The predicted octanol–water partition coefficient (Wildman–Crippen LogP) is 2.21. The zero-order valence-electron chi connectivity index (χ0n) is 14.6. The maximum Gasteiger partial charge on any atom is 0.335 e. The van der Waals surface area contributed by atoms with E-state index in [9.17, 15) is 13.2 Å². The fourth-order valence-corrected chi connectivity index (χ4v) is 3.87. The van der Waals surface area contributed by atoms with Gasteiger partial charge in [0, 0.05) is 10.4 Å². The highest BCUT2D eigenvalue weighted by molar-refractivity contribution is 7.90. The van der Waals surface area contributed by atoms with Crippen molar-refractivity contribution >= 4 is 44.4 Å². The third-order valence-corrected chi connectivity index (χ3v) is 5.21. The van der Waals surface area contributed by atoms with Crippen LogP contribution >= 0.6 is 11.6 Å². The number of nitrogens with one attached hydrogen (secondary N) is 2. The molecule has 0 radical (unpaired) electrons. The van der Waals surface area contributed by atoms with Crippen molar-refractivity contribution in [1.29, 1.82) is 0 Å². The minimum atomic E-state index is -4.24. The molecule has 2 aromatic carbocycles. The van der Waals surface area contributed by atoms with Gasteiger partial charge in [-0.1, -0.05) is 35.9 Å². The molecule has 1 heterocycles. The Morgan fingerprint density at radius 1 is 1.00 bits per heavy atom. The van der Waals surface area contributed by atoms with Gasteiger partial charge in [0.1, 0.15) is 0 Å². The monoisotopic (exact) mass is 423 g/mol. The minimum absolute atomic E-state index is 0.120. The van der Waals surface area contributed by atoms with Crippen LogP contribution in [-0.4, -0.2) is 43.6 Å². The molecule has 12 heteroatoms. The number of nitrogens with zero attached hydrogens (tertiary/aromatic N) is 3. The number of halogens is 1. The van der Waals surface area contributed by atoms with Gasteiger partial charge in [-0.25, -0.2) is 17.9 Å². The fourth-order valence-electron chi connectivity index (χ4n) is 2.37.